The molecule has 8 heteroatoms. The minimum atomic E-state index is -0.543. The lowest BCUT2D eigenvalue weighted by atomic mass is 9.93. The summed E-state index contributed by atoms with van der Waals surface area (Å²) in [7, 11) is 2.16. The summed E-state index contributed by atoms with van der Waals surface area (Å²) in [5.74, 6) is 2.23. The zero-order valence-corrected chi connectivity index (χ0v) is 42.8. The number of hydrogen-bond donors (Lipinski definition) is 2. The van der Waals surface area contributed by atoms with E-state index >= 15 is 0 Å². The SMILES string of the molecule is CCCCCCCCCCCCC(CCCCCCCCCC)COC(=O)CCSCCC(NC(=O)C(CCCCCC)CCCCCCCC)C(=O)NCC1CCN(C)CC1. The number of hydrogen-bond acceptors (Lipinski definition) is 6. The molecular weight excluding hydrogens is 787 g/mol. The van der Waals surface area contributed by atoms with Crippen LogP contribution in [0.5, 0.6) is 0 Å². The van der Waals surface area contributed by atoms with Gasteiger partial charge in [0.2, 0.25) is 11.8 Å². The monoisotopic (exact) mass is 892 g/mol. The van der Waals surface area contributed by atoms with Crippen molar-refractivity contribution in [1.29, 1.82) is 0 Å². The van der Waals surface area contributed by atoms with Gasteiger partial charge in [-0.1, -0.05) is 207 Å². The Hall–Kier alpha value is -1.28. The highest BCUT2D eigenvalue weighted by Gasteiger charge is 2.26. The lowest BCUT2D eigenvalue weighted by Crippen LogP contribution is -2.50. The molecule has 0 aliphatic carbocycles. The first-order chi connectivity index (χ1) is 30.3. The Morgan fingerprint density at radius 1 is 0.548 bits per heavy atom. The van der Waals surface area contributed by atoms with Gasteiger partial charge < -0.3 is 20.3 Å². The fourth-order valence-electron chi connectivity index (χ4n) is 9.13. The van der Waals surface area contributed by atoms with Gasteiger partial charge in [-0.05, 0) is 82.7 Å². The molecule has 0 saturated carbocycles. The summed E-state index contributed by atoms with van der Waals surface area (Å²) in [5.41, 5.74) is 0. The molecule has 366 valence electrons. The van der Waals surface area contributed by atoms with Crippen molar-refractivity contribution in [3.63, 3.8) is 0 Å². The highest BCUT2D eigenvalue weighted by atomic mass is 32.2. The number of unbranched alkanes of at least 4 members (excludes halogenated alkanes) is 24. The van der Waals surface area contributed by atoms with Crippen LogP contribution in [0.2, 0.25) is 0 Å². The lowest BCUT2D eigenvalue weighted by Gasteiger charge is -2.29. The molecule has 0 radical (unpaired) electrons. The smallest absolute Gasteiger partial charge is 0.306 e. The first-order valence-electron chi connectivity index (χ1n) is 27.3. The molecule has 62 heavy (non-hydrogen) atoms. The van der Waals surface area contributed by atoms with Crippen LogP contribution in [0, 0.1) is 17.8 Å². The Bertz CT molecular complexity index is 1020. The van der Waals surface area contributed by atoms with E-state index in [-0.39, 0.29) is 23.7 Å². The molecule has 0 bridgehead atoms. The van der Waals surface area contributed by atoms with E-state index in [2.05, 4.69) is 50.3 Å². The van der Waals surface area contributed by atoms with Crippen LogP contribution in [0.4, 0.5) is 0 Å². The Labute approximate surface area is 390 Å². The summed E-state index contributed by atoms with van der Waals surface area (Å²) in [5, 5.41) is 6.50. The summed E-state index contributed by atoms with van der Waals surface area (Å²) in [6.45, 7) is 12.4. The Morgan fingerprint density at radius 3 is 1.44 bits per heavy atom. The van der Waals surface area contributed by atoms with Crippen molar-refractivity contribution < 1.29 is 19.1 Å². The van der Waals surface area contributed by atoms with Crippen LogP contribution in [0.15, 0.2) is 0 Å². The van der Waals surface area contributed by atoms with Crippen LogP contribution < -0.4 is 10.6 Å². The number of esters is 1. The van der Waals surface area contributed by atoms with Crippen LogP contribution in [0.25, 0.3) is 0 Å². The van der Waals surface area contributed by atoms with Gasteiger partial charge in [0.05, 0.1) is 13.0 Å². The molecule has 0 aromatic heterocycles. The molecular formula is C54H105N3O4S. The van der Waals surface area contributed by atoms with Crippen molar-refractivity contribution in [3.05, 3.63) is 0 Å². The van der Waals surface area contributed by atoms with Crippen LogP contribution in [0.1, 0.15) is 259 Å². The quantitative estimate of drug-likeness (QED) is 0.0468. The number of carbonyl (C=O) groups excluding carboxylic acids is 3. The third-order valence-corrected chi connectivity index (χ3v) is 14.6. The maximum absolute atomic E-state index is 13.9. The van der Waals surface area contributed by atoms with E-state index in [0.29, 0.717) is 43.6 Å². The maximum atomic E-state index is 13.9. The summed E-state index contributed by atoms with van der Waals surface area (Å²) in [6.07, 6.45) is 43.3. The molecule has 7 nitrogen and oxygen atoms in total. The Kier molecular flexibility index (Phi) is 41.3. The average molecular weight is 893 g/mol. The van der Waals surface area contributed by atoms with Gasteiger partial charge in [0.1, 0.15) is 6.04 Å². The van der Waals surface area contributed by atoms with Gasteiger partial charge >= 0.3 is 5.97 Å². The summed E-state index contributed by atoms with van der Waals surface area (Å²) < 4.78 is 5.94. The number of nitrogens with one attached hydrogen (secondary N) is 2. The fourth-order valence-corrected chi connectivity index (χ4v) is 10.0. The van der Waals surface area contributed by atoms with E-state index in [9.17, 15) is 14.4 Å². The highest BCUT2D eigenvalue weighted by molar-refractivity contribution is 7.99. The second-order valence-electron chi connectivity index (χ2n) is 19.6. The first-order valence-corrected chi connectivity index (χ1v) is 28.5. The molecule has 1 fully saturated rings. The summed E-state index contributed by atoms with van der Waals surface area (Å²) in [6, 6.07) is -0.543. The molecule has 1 saturated heterocycles. The third kappa shape index (κ3) is 35.0. The zero-order chi connectivity index (χ0) is 45.1. The van der Waals surface area contributed by atoms with E-state index in [1.807, 2.05) is 0 Å². The first kappa shape index (κ1) is 58.7. The maximum Gasteiger partial charge on any atom is 0.306 e. The summed E-state index contributed by atoms with van der Waals surface area (Å²) in [4.78, 5) is 43.0. The minimum absolute atomic E-state index is 0.0332. The average Bonchev–Trinajstić information content (AvgIpc) is 3.27. The highest BCUT2D eigenvalue weighted by Crippen LogP contribution is 2.23. The molecule has 1 rings (SSSR count). The number of likely N-dealkylation sites (tertiary alicyclic amines) is 1. The second-order valence-corrected chi connectivity index (χ2v) is 20.8. The van der Waals surface area contributed by atoms with E-state index in [4.69, 9.17) is 4.74 Å². The van der Waals surface area contributed by atoms with Gasteiger partial charge in [-0.15, -0.1) is 0 Å². The minimum Gasteiger partial charge on any atom is -0.465 e. The molecule has 0 spiro atoms. The van der Waals surface area contributed by atoms with Crippen LogP contribution in [-0.2, 0) is 19.1 Å². The topological polar surface area (TPSA) is 87.7 Å². The van der Waals surface area contributed by atoms with E-state index in [1.165, 1.54) is 173 Å². The second kappa shape index (κ2) is 43.6. The van der Waals surface area contributed by atoms with Crippen molar-refractivity contribution in [2.45, 2.75) is 265 Å². The number of nitrogens with zero attached hydrogens (tertiary/aromatic N) is 1. The standard InChI is InChI=1S/C54H105N3O4S/c1-6-10-14-18-21-23-24-26-28-31-35-49(34-30-27-25-22-19-15-11-7-2)47-61-52(58)41-45-62-44-40-51(54(60)55-46-48-38-42-57(5)43-39-48)56-53(59)50(36-32-17-13-9-4)37-33-29-20-16-12-8-3/h48-51H,6-47H2,1-5H3,(H,55,60)(H,56,59). The number of ether oxygens (including phenoxy) is 1. The van der Waals surface area contributed by atoms with Gasteiger partial charge in [0.25, 0.3) is 0 Å². The normalized spacial score (nSPS) is 15.0. The Morgan fingerprint density at radius 2 is 0.968 bits per heavy atom. The molecule has 3 atom stereocenters. The molecule has 0 aromatic carbocycles. The number of rotatable bonds is 45. The van der Waals surface area contributed by atoms with E-state index in [0.717, 1.165) is 63.8 Å². The van der Waals surface area contributed by atoms with Gasteiger partial charge in [-0.25, -0.2) is 0 Å². The van der Waals surface area contributed by atoms with Crippen LogP contribution in [0.3, 0.4) is 0 Å². The molecule has 1 heterocycles. The van der Waals surface area contributed by atoms with Crippen molar-refractivity contribution >= 4 is 29.5 Å². The molecule has 1 aliphatic rings. The lowest BCUT2D eigenvalue weighted by molar-refractivity contribution is -0.144. The number of thioether (sulfide) groups is 1. The van der Waals surface area contributed by atoms with Gasteiger partial charge in [0, 0.05) is 18.2 Å². The molecule has 2 N–H and O–H groups in total. The number of carbonyl (C=O) groups is 3. The fraction of sp³-hybridized carbons (Fsp3) is 0.944. The Balaban J connectivity index is 2.67. The number of amides is 2. The van der Waals surface area contributed by atoms with Crippen molar-refractivity contribution in [1.82, 2.24) is 15.5 Å². The molecule has 0 aromatic rings. The predicted octanol–water partition coefficient (Wildman–Crippen LogP) is 14.8. The van der Waals surface area contributed by atoms with Gasteiger partial charge in [0.15, 0.2) is 0 Å². The van der Waals surface area contributed by atoms with E-state index < -0.39 is 6.04 Å². The molecule has 3 unspecified atom stereocenters. The van der Waals surface area contributed by atoms with Crippen LogP contribution in [-0.4, -0.2) is 73.5 Å². The largest absolute Gasteiger partial charge is 0.465 e. The zero-order valence-electron chi connectivity index (χ0n) is 42.0. The predicted molar refractivity (Wildman–Crippen MR) is 270 cm³/mol. The molecule has 2 amide bonds. The van der Waals surface area contributed by atoms with Gasteiger partial charge in [-0.3, -0.25) is 14.4 Å². The molecule has 1 aliphatic heterocycles. The third-order valence-electron chi connectivity index (χ3n) is 13.6. The van der Waals surface area contributed by atoms with Crippen molar-refractivity contribution in [2.75, 3.05) is 44.8 Å². The van der Waals surface area contributed by atoms with E-state index in [1.54, 1.807) is 11.8 Å². The van der Waals surface area contributed by atoms with Crippen molar-refractivity contribution in [2.24, 2.45) is 17.8 Å². The van der Waals surface area contributed by atoms with Crippen LogP contribution >= 0.6 is 11.8 Å². The van der Waals surface area contributed by atoms with Gasteiger partial charge in [-0.2, -0.15) is 11.8 Å². The van der Waals surface area contributed by atoms with Crippen molar-refractivity contribution in [3.8, 4) is 0 Å². The number of piperidine rings is 1. The summed E-state index contributed by atoms with van der Waals surface area (Å²) >= 11 is 1.70.